The van der Waals surface area contributed by atoms with Crippen molar-refractivity contribution in [2.75, 3.05) is 0 Å². The molecule has 0 amide bonds. The maximum atomic E-state index is 0. The Morgan fingerprint density at radius 3 is 0.429 bits per heavy atom. The molecule has 0 rings (SSSR count). The van der Waals surface area contributed by atoms with E-state index in [2.05, 4.69) is 0 Å². The van der Waals surface area contributed by atoms with Gasteiger partial charge in [0.25, 0.3) is 0 Å². The molecule has 56 valence electrons. The van der Waals surface area contributed by atoms with Crippen LogP contribution in [0.15, 0.2) is 0 Å². The molecule has 0 bridgehead atoms. The molecule has 0 aromatic rings. The van der Waals surface area contributed by atoms with Crippen molar-refractivity contribution in [2.24, 2.45) is 0 Å². The van der Waals surface area contributed by atoms with Crippen LogP contribution in [0.2, 0.25) is 0 Å². The van der Waals surface area contributed by atoms with Gasteiger partial charge < -0.3 is 16.4 Å². The van der Waals surface area contributed by atoms with Crippen LogP contribution in [-0.2, 0) is 19.8 Å². The summed E-state index contributed by atoms with van der Waals surface area (Å²) in [5, 5.41) is 0. The summed E-state index contributed by atoms with van der Waals surface area (Å²) in [7, 11) is 0. The summed E-state index contributed by atoms with van der Waals surface area (Å²) in [6, 6.07) is 0. The predicted octanol–water partition coefficient (Wildman–Crippen LogP) is -1.21. The molecular formula is H9Cl3O3Os. The Hall–Kier alpha value is 1.39. The van der Waals surface area contributed by atoms with Crippen LogP contribution in [-0.4, -0.2) is 16.4 Å². The van der Waals surface area contributed by atoms with Gasteiger partial charge in [-0.3, -0.25) is 0 Å². The van der Waals surface area contributed by atoms with Gasteiger partial charge in [0.05, 0.1) is 0 Å². The van der Waals surface area contributed by atoms with E-state index in [1.807, 2.05) is 0 Å². The Bertz CT molecular complexity index is 10.1. The van der Waals surface area contributed by atoms with Gasteiger partial charge in [0.15, 0.2) is 0 Å². The number of halogens is 3. The van der Waals surface area contributed by atoms with E-state index in [9.17, 15) is 0 Å². The van der Waals surface area contributed by atoms with Gasteiger partial charge in [0, 0.05) is 19.8 Å². The molecule has 0 heterocycles. The molecular weight excluding hydrogens is 345 g/mol. The predicted molar refractivity (Wildman–Crippen MR) is 32.6 cm³/mol. The van der Waals surface area contributed by atoms with Crippen LogP contribution >= 0.6 is 37.2 Å². The van der Waals surface area contributed by atoms with Gasteiger partial charge in [-0.25, -0.2) is 0 Å². The number of rotatable bonds is 0. The van der Waals surface area contributed by atoms with Crippen molar-refractivity contribution < 1.29 is 36.2 Å². The van der Waals surface area contributed by atoms with Crippen LogP contribution in [0.5, 0.6) is 0 Å². The van der Waals surface area contributed by atoms with Gasteiger partial charge in [0.1, 0.15) is 0 Å². The summed E-state index contributed by atoms with van der Waals surface area (Å²) in [5.41, 5.74) is 0. The average Bonchev–Trinajstić information content (AvgIpc) is 0. The average molecular weight is 354 g/mol. The van der Waals surface area contributed by atoms with Crippen molar-refractivity contribution in [3.8, 4) is 0 Å². The fourth-order valence-electron chi connectivity index (χ4n) is 0. The molecule has 6 N–H and O–H groups in total. The van der Waals surface area contributed by atoms with Gasteiger partial charge >= 0.3 is 0 Å². The first-order valence-electron chi connectivity index (χ1n) is 0. The molecule has 0 atom stereocenters. The minimum absolute atomic E-state index is 0. The molecule has 0 unspecified atom stereocenters. The van der Waals surface area contributed by atoms with Gasteiger partial charge in [-0.2, -0.15) is 0 Å². The normalized spacial score (nSPS) is 0. The molecule has 0 radical (unpaired) electrons. The van der Waals surface area contributed by atoms with Crippen LogP contribution in [0.3, 0.4) is 0 Å². The summed E-state index contributed by atoms with van der Waals surface area (Å²) in [6.45, 7) is 0. The van der Waals surface area contributed by atoms with Crippen molar-refractivity contribution in [3.63, 3.8) is 0 Å². The molecule has 0 aromatic heterocycles. The molecule has 7 heteroatoms. The number of hydrogen-bond acceptors (Lipinski definition) is 0. The van der Waals surface area contributed by atoms with Crippen molar-refractivity contribution in [1.29, 1.82) is 0 Å². The first-order valence-corrected chi connectivity index (χ1v) is 0. The Morgan fingerprint density at radius 1 is 0.429 bits per heavy atom. The van der Waals surface area contributed by atoms with E-state index >= 15 is 0 Å². The fourth-order valence-corrected chi connectivity index (χ4v) is 0. The van der Waals surface area contributed by atoms with E-state index in [1.165, 1.54) is 0 Å². The molecule has 3 nitrogen and oxygen atoms in total. The Labute approximate surface area is 73.4 Å². The molecule has 0 saturated carbocycles. The van der Waals surface area contributed by atoms with Gasteiger partial charge in [0.2, 0.25) is 0 Å². The summed E-state index contributed by atoms with van der Waals surface area (Å²) >= 11 is 0. The summed E-state index contributed by atoms with van der Waals surface area (Å²) in [5.74, 6) is 0. The topological polar surface area (TPSA) is 94.5 Å². The Balaban J connectivity index is 0. The maximum Gasteiger partial charge on any atom is 0 e. The zero-order chi connectivity index (χ0) is 0. The second-order valence-corrected chi connectivity index (χ2v) is 0. The second kappa shape index (κ2) is 157. The van der Waals surface area contributed by atoms with Crippen molar-refractivity contribution in [1.82, 2.24) is 0 Å². The monoisotopic (exact) mass is 354 g/mol. The fraction of sp³-hybridized carbons (Fsp3) is 0. The molecule has 0 aromatic carbocycles. The molecule has 0 fully saturated rings. The zero-order valence-electron chi connectivity index (χ0n) is 3.08. The van der Waals surface area contributed by atoms with Crippen molar-refractivity contribution >= 4 is 37.2 Å². The molecule has 0 spiro atoms. The van der Waals surface area contributed by atoms with Gasteiger partial charge in [-0.15, -0.1) is 37.2 Å². The molecule has 7 heavy (non-hydrogen) atoms. The third-order valence-corrected chi connectivity index (χ3v) is 0. The van der Waals surface area contributed by atoms with E-state index in [1.54, 1.807) is 0 Å². The standard InChI is InChI=1S/3ClH.3H2O.Os/h3*1H;3*1H2;. The third-order valence-electron chi connectivity index (χ3n) is 0. The first kappa shape index (κ1) is 238. The van der Waals surface area contributed by atoms with Gasteiger partial charge in [-0.1, -0.05) is 0 Å². The van der Waals surface area contributed by atoms with Crippen molar-refractivity contribution in [3.05, 3.63) is 0 Å². The van der Waals surface area contributed by atoms with E-state index in [-0.39, 0.29) is 73.4 Å². The quantitative estimate of drug-likeness (QED) is 0.522. The van der Waals surface area contributed by atoms with E-state index in [0.717, 1.165) is 0 Å². The van der Waals surface area contributed by atoms with Crippen LogP contribution in [0.25, 0.3) is 0 Å². The molecule has 0 aliphatic heterocycles. The van der Waals surface area contributed by atoms with Crippen molar-refractivity contribution in [2.45, 2.75) is 0 Å². The smallest absolute Gasteiger partial charge is 0 e. The Morgan fingerprint density at radius 2 is 0.429 bits per heavy atom. The van der Waals surface area contributed by atoms with Crippen LogP contribution in [0, 0.1) is 0 Å². The number of hydrogen-bond donors (Lipinski definition) is 0. The zero-order valence-corrected chi connectivity index (χ0v) is 8.07. The largest absolute Gasteiger partial charge is 0.412 e. The molecule has 0 saturated heterocycles. The summed E-state index contributed by atoms with van der Waals surface area (Å²) < 4.78 is 0. The van der Waals surface area contributed by atoms with Gasteiger partial charge in [-0.05, 0) is 0 Å². The minimum Gasteiger partial charge on any atom is -0.412 e. The van der Waals surface area contributed by atoms with Crippen LogP contribution in [0.1, 0.15) is 0 Å². The van der Waals surface area contributed by atoms with Crippen LogP contribution < -0.4 is 0 Å². The summed E-state index contributed by atoms with van der Waals surface area (Å²) in [6.07, 6.45) is 0. The first-order chi connectivity index (χ1) is 0. The van der Waals surface area contributed by atoms with Crippen LogP contribution in [0.4, 0.5) is 0 Å². The molecule has 0 aliphatic rings. The van der Waals surface area contributed by atoms with E-state index in [0.29, 0.717) is 0 Å². The third kappa shape index (κ3) is 111. The second-order valence-electron chi connectivity index (χ2n) is 0. The van der Waals surface area contributed by atoms with E-state index in [4.69, 9.17) is 0 Å². The summed E-state index contributed by atoms with van der Waals surface area (Å²) in [4.78, 5) is 0. The maximum absolute atomic E-state index is 0. The SMILES string of the molecule is Cl.Cl.Cl.O.O.O.[Os]. The Kier molecular flexibility index (Phi) is 5330. The van der Waals surface area contributed by atoms with E-state index < -0.39 is 0 Å². The molecule has 0 aliphatic carbocycles. The minimum atomic E-state index is 0.